The van der Waals surface area contributed by atoms with Crippen LogP contribution < -0.4 is 10.1 Å². The second kappa shape index (κ2) is 9.23. The van der Waals surface area contributed by atoms with Crippen molar-refractivity contribution in [1.82, 2.24) is 5.32 Å². The topological polar surface area (TPSA) is 55.4 Å². The largest absolute Gasteiger partial charge is 0.494 e. The van der Waals surface area contributed by atoms with E-state index in [0.717, 1.165) is 12.2 Å². The molecule has 22 heavy (non-hydrogen) atoms. The van der Waals surface area contributed by atoms with Crippen LogP contribution in [0.15, 0.2) is 24.3 Å². The standard InChI is InChI=1S/C18H27NO3/c1-5-12-22-16-8-6-15(7-9-16)17(20)10-11-18(21)19-14(4)13(2)3/h6-9,13-14H,5,10-12H2,1-4H3,(H,19,21). The summed E-state index contributed by atoms with van der Waals surface area (Å²) in [6, 6.07) is 7.22. The first kappa shape index (κ1) is 18.2. The minimum absolute atomic E-state index is 0.0191. The van der Waals surface area contributed by atoms with E-state index in [4.69, 9.17) is 4.74 Å². The fourth-order valence-electron chi connectivity index (χ4n) is 1.82. The molecule has 122 valence electrons. The molecule has 4 heteroatoms. The number of rotatable bonds is 9. The molecule has 0 aromatic heterocycles. The molecular formula is C18H27NO3. The van der Waals surface area contributed by atoms with Gasteiger partial charge in [0.15, 0.2) is 5.78 Å². The van der Waals surface area contributed by atoms with Crippen LogP contribution in [-0.4, -0.2) is 24.3 Å². The molecule has 0 heterocycles. The molecule has 1 N–H and O–H groups in total. The molecule has 1 rings (SSSR count). The maximum Gasteiger partial charge on any atom is 0.220 e. The lowest BCUT2D eigenvalue weighted by atomic mass is 10.0. The van der Waals surface area contributed by atoms with Crippen LogP contribution in [0.5, 0.6) is 5.75 Å². The van der Waals surface area contributed by atoms with E-state index in [1.165, 1.54) is 0 Å². The fraction of sp³-hybridized carbons (Fsp3) is 0.556. The quantitative estimate of drug-likeness (QED) is 0.709. The van der Waals surface area contributed by atoms with Crippen molar-refractivity contribution in [1.29, 1.82) is 0 Å². The van der Waals surface area contributed by atoms with Gasteiger partial charge in [0, 0.05) is 24.4 Å². The lowest BCUT2D eigenvalue weighted by Gasteiger charge is -2.17. The molecule has 1 amide bonds. The second-order valence-electron chi connectivity index (χ2n) is 5.90. The second-order valence-corrected chi connectivity index (χ2v) is 5.90. The number of carbonyl (C=O) groups excluding carboxylic acids is 2. The highest BCUT2D eigenvalue weighted by molar-refractivity contribution is 5.98. The Bertz CT molecular complexity index is 480. The Labute approximate surface area is 133 Å². The third kappa shape index (κ3) is 6.29. The minimum atomic E-state index is -0.0718. The molecule has 0 aliphatic rings. The van der Waals surface area contributed by atoms with Crippen molar-refractivity contribution in [3.8, 4) is 5.75 Å². The van der Waals surface area contributed by atoms with E-state index in [-0.39, 0.29) is 30.6 Å². The highest BCUT2D eigenvalue weighted by atomic mass is 16.5. The van der Waals surface area contributed by atoms with Gasteiger partial charge in [0.05, 0.1) is 6.61 Å². The van der Waals surface area contributed by atoms with E-state index >= 15 is 0 Å². The molecule has 1 aromatic rings. The van der Waals surface area contributed by atoms with Crippen molar-refractivity contribution >= 4 is 11.7 Å². The number of carbonyl (C=O) groups is 2. The number of benzene rings is 1. The van der Waals surface area contributed by atoms with Crippen molar-refractivity contribution in [2.75, 3.05) is 6.61 Å². The minimum Gasteiger partial charge on any atom is -0.494 e. The maximum atomic E-state index is 12.1. The third-order valence-corrected chi connectivity index (χ3v) is 3.62. The number of amides is 1. The summed E-state index contributed by atoms with van der Waals surface area (Å²) in [6.45, 7) is 8.79. The lowest BCUT2D eigenvalue weighted by molar-refractivity contribution is -0.121. The first-order valence-electron chi connectivity index (χ1n) is 7.99. The molecular weight excluding hydrogens is 278 g/mol. The molecule has 1 aromatic carbocycles. The zero-order valence-corrected chi connectivity index (χ0v) is 14.0. The van der Waals surface area contributed by atoms with E-state index in [0.29, 0.717) is 18.1 Å². The number of ketones is 1. The number of ether oxygens (including phenoxy) is 1. The average Bonchev–Trinajstić information content (AvgIpc) is 2.50. The Kier molecular flexibility index (Phi) is 7.64. The first-order valence-corrected chi connectivity index (χ1v) is 7.99. The molecule has 1 atom stereocenters. The van der Waals surface area contributed by atoms with Crippen LogP contribution in [0, 0.1) is 5.92 Å². The van der Waals surface area contributed by atoms with Crippen LogP contribution in [0.1, 0.15) is 57.3 Å². The molecule has 0 radical (unpaired) electrons. The summed E-state index contributed by atoms with van der Waals surface area (Å²) in [4.78, 5) is 23.9. The van der Waals surface area contributed by atoms with Crippen LogP contribution in [0.4, 0.5) is 0 Å². The lowest BCUT2D eigenvalue weighted by Crippen LogP contribution is -2.36. The zero-order valence-electron chi connectivity index (χ0n) is 14.0. The fourth-order valence-corrected chi connectivity index (χ4v) is 1.82. The van der Waals surface area contributed by atoms with Gasteiger partial charge >= 0.3 is 0 Å². The van der Waals surface area contributed by atoms with Gasteiger partial charge < -0.3 is 10.1 Å². The van der Waals surface area contributed by atoms with Gasteiger partial charge in [0.2, 0.25) is 5.91 Å². The predicted octanol–water partition coefficient (Wildman–Crippen LogP) is 3.60. The van der Waals surface area contributed by atoms with Crippen molar-refractivity contribution in [3.63, 3.8) is 0 Å². The smallest absolute Gasteiger partial charge is 0.220 e. The summed E-state index contributed by atoms with van der Waals surface area (Å²) in [5, 5.41) is 2.91. The van der Waals surface area contributed by atoms with E-state index in [9.17, 15) is 9.59 Å². The number of hydrogen-bond acceptors (Lipinski definition) is 3. The van der Waals surface area contributed by atoms with Gasteiger partial charge in [-0.3, -0.25) is 9.59 Å². The van der Waals surface area contributed by atoms with Gasteiger partial charge in [-0.2, -0.15) is 0 Å². The third-order valence-electron chi connectivity index (χ3n) is 3.62. The highest BCUT2D eigenvalue weighted by Gasteiger charge is 2.13. The van der Waals surface area contributed by atoms with Gasteiger partial charge in [0.25, 0.3) is 0 Å². The van der Waals surface area contributed by atoms with Gasteiger partial charge in [-0.1, -0.05) is 20.8 Å². The van der Waals surface area contributed by atoms with Gasteiger partial charge in [0.1, 0.15) is 5.75 Å². The van der Waals surface area contributed by atoms with Crippen LogP contribution in [-0.2, 0) is 4.79 Å². The first-order chi connectivity index (χ1) is 10.4. The Morgan fingerprint density at radius 2 is 1.73 bits per heavy atom. The number of hydrogen-bond donors (Lipinski definition) is 1. The summed E-state index contributed by atoms with van der Waals surface area (Å²) in [5.41, 5.74) is 0.619. The molecule has 0 aliphatic heterocycles. The summed E-state index contributed by atoms with van der Waals surface area (Å²) < 4.78 is 5.48. The van der Waals surface area contributed by atoms with Crippen molar-refractivity contribution in [3.05, 3.63) is 29.8 Å². The average molecular weight is 305 g/mol. The normalized spacial score (nSPS) is 12.0. The number of Topliss-reactive ketones (excluding diaryl/α,β-unsaturated/α-hetero) is 1. The maximum absolute atomic E-state index is 12.1. The Morgan fingerprint density at radius 1 is 1.09 bits per heavy atom. The number of nitrogens with one attached hydrogen (secondary N) is 1. The van der Waals surface area contributed by atoms with E-state index in [1.54, 1.807) is 24.3 Å². The van der Waals surface area contributed by atoms with Crippen molar-refractivity contribution < 1.29 is 14.3 Å². The zero-order chi connectivity index (χ0) is 16.5. The SMILES string of the molecule is CCCOc1ccc(C(=O)CCC(=O)NC(C)C(C)C)cc1. The van der Waals surface area contributed by atoms with Gasteiger partial charge in [-0.25, -0.2) is 0 Å². The van der Waals surface area contributed by atoms with Crippen LogP contribution >= 0.6 is 0 Å². The van der Waals surface area contributed by atoms with Crippen LogP contribution in [0.2, 0.25) is 0 Å². The molecule has 0 aliphatic carbocycles. The Balaban J connectivity index is 2.43. The van der Waals surface area contributed by atoms with E-state index in [1.807, 2.05) is 13.8 Å². The Morgan fingerprint density at radius 3 is 2.27 bits per heavy atom. The highest BCUT2D eigenvalue weighted by Crippen LogP contribution is 2.14. The molecule has 0 saturated heterocycles. The summed E-state index contributed by atoms with van der Waals surface area (Å²) in [6.07, 6.45) is 1.40. The summed E-state index contributed by atoms with van der Waals surface area (Å²) in [7, 11) is 0. The van der Waals surface area contributed by atoms with Gasteiger partial charge in [-0.15, -0.1) is 0 Å². The van der Waals surface area contributed by atoms with Gasteiger partial charge in [-0.05, 0) is 43.5 Å². The molecule has 0 spiro atoms. The monoisotopic (exact) mass is 305 g/mol. The van der Waals surface area contributed by atoms with Crippen molar-refractivity contribution in [2.24, 2.45) is 5.92 Å². The Hall–Kier alpha value is -1.84. The molecule has 0 fully saturated rings. The van der Waals surface area contributed by atoms with E-state index < -0.39 is 0 Å². The van der Waals surface area contributed by atoms with Crippen LogP contribution in [0.25, 0.3) is 0 Å². The predicted molar refractivity (Wildman–Crippen MR) is 88.2 cm³/mol. The molecule has 4 nitrogen and oxygen atoms in total. The molecule has 0 saturated carbocycles. The molecule has 0 bridgehead atoms. The summed E-state index contributed by atoms with van der Waals surface area (Å²) >= 11 is 0. The van der Waals surface area contributed by atoms with E-state index in [2.05, 4.69) is 19.2 Å². The molecule has 1 unspecified atom stereocenters. The van der Waals surface area contributed by atoms with Crippen LogP contribution in [0.3, 0.4) is 0 Å². The van der Waals surface area contributed by atoms with Crippen molar-refractivity contribution in [2.45, 2.75) is 53.0 Å². The summed E-state index contributed by atoms with van der Waals surface area (Å²) in [5.74, 6) is 1.06.